The van der Waals surface area contributed by atoms with Crippen LogP contribution < -0.4 is 5.32 Å². The molecule has 0 saturated carbocycles. The Bertz CT molecular complexity index is 1130. The fraction of sp³-hybridized carbons (Fsp3) is 0.238. The quantitative estimate of drug-likeness (QED) is 0.677. The number of aromatic nitrogens is 2. The molecular weight excluding hydrogens is 407 g/mol. The number of hydrogen-bond acceptors (Lipinski definition) is 4. The van der Waals surface area contributed by atoms with Crippen molar-refractivity contribution in [3.8, 4) is 0 Å². The normalized spacial score (nSPS) is 16.6. The topological polar surface area (TPSA) is 84.3 Å². The van der Waals surface area contributed by atoms with Crippen LogP contribution in [0.5, 0.6) is 0 Å². The van der Waals surface area contributed by atoms with Gasteiger partial charge in [-0.2, -0.15) is 5.10 Å². The molecule has 1 N–H and O–H groups in total. The molecule has 0 aliphatic carbocycles. The fourth-order valence-electron chi connectivity index (χ4n) is 3.46. The fourth-order valence-corrected chi connectivity index (χ4v) is 5.18. The van der Waals surface area contributed by atoms with Crippen molar-refractivity contribution in [2.75, 3.05) is 18.4 Å². The molecule has 2 amide bonds. The van der Waals surface area contributed by atoms with Gasteiger partial charge in [0.25, 0.3) is 0 Å². The van der Waals surface area contributed by atoms with E-state index in [2.05, 4.69) is 10.4 Å². The minimum absolute atomic E-state index is 0.146. The van der Waals surface area contributed by atoms with Crippen LogP contribution in [-0.2, 0) is 16.4 Å². The molecule has 1 fully saturated rings. The maximum atomic E-state index is 13.0. The summed E-state index contributed by atoms with van der Waals surface area (Å²) in [5.41, 5.74) is 1.39. The lowest BCUT2D eigenvalue weighted by molar-refractivity contribution is 0.222. The summed E-state index contributed by atoms with van der Waals surface area (Å²) in [6, 6.07) is 14.1. The lowest BCUT2D eigenvalue weighted by Crippen LogP contribution is -2.35. The number of carbonyl (C=O) groups is 1. The SMILES string of the molecule is O=C(Nc1cnn(Cc2ccc(F)cc2)c1)N1CCC(S(=O)(=O)c2ccccc2)C1. The minimum Gasteiger partial charge on any atom is -0.323 e. The summed E-state index contributed by atoms with van der Waals surface area (Å²) in [5, 5.41) is 6.34. The van der Waals surface area contributed by atoms with Crippen molar-refractivity contribution in [3.05, 3.63) is 78.4 Å². The predicted octanol–water partition coefficient (Wildman–Crippen LogP) is 3.15. The Morgan fingerprint density at radius 1 is 1.13 bits per heavy atom. The van der Waals surface area contributed by atoms with Crippen molar-refractivity contribution in [2.24, 2.45) is 0 Å². The third-order valence-corrected chi connectivity index (χ3v) is 7.28. The molecular formula is C21H21FN4O3S. The number of carbonyl (C=O) groups excluding carboxylic acids is 1. The second kappa shape index (κ2) is 8.27. The smallest absolute Gasteiger partial charge is 0.321 e. The molecule has 2 aromatic carbocycles. The van der Waals surface area contributed by atoms with Gasteiger partial charge in [0.15, 0.2) is 9.84 Å². The monoisotopic (exact) mass is 428 g/mol. The van der Waals surface area contributed by atoms with Gasteiger partial charge in [-0.05, 0) is 36.2 Å². The number of nitrogens with zero attached hydrogens (tertiary/aromatic N) is 3. The Labute approximate surface area is 174 Å². The maximum Gasteiger partial charge on any atom is 0.321 e. The third kappa shape index (κ3) is 4.35. The average molecular weight is 428 g/mol. The zero-order valence-corrected chi connectivity index (χ0v) is 16.9. The Kier molecular flexibility index (Phi) is 5.54. The number of rotatable bonds is 5. The van der Waals surface area contributed by atoms with Gasteiger partial charge in [-0.3, -0.25) is 4.68 Å². The number of benzene rings is 2. The number of halogens is 1. The molecule has 3 aromatic rings. The van der Waals surface area contributed by atoms with Gasteiger partial charge in [-0.15, -0.1) is 0 Å². The van der Waals surface area contributed by atoms with Gasteiger partial charge in [-0.25, -0.2) is 17.6 Å². The summed E-state index contributed by atoms with van der Waals surface area (Å²) >= 11 is 0. The van der Waals surface area contributed by atoms with E-state index in [9.17, 15) is 17.6 Å². The van der Waals surface area contributed by atoms with Crippen LogP contribution >= 0.6 is 0 Å². The first kappa shape index (κ1) is 20.1. The highest BCUT2D eigenvalue weighted by atomic mass is 32.2. The van der Waals surface area contributed by atoms with Crippen LogP contribution in [0.25, 0.3) is 0 Å². The second-order valence-corrected chi connectivity index (χ2v) is 9.43. The van der Waals surface area contributed by atoms with Crippen LogP contribution in [0.2, 0.25) is 0 Å². The van der Waals surface area contributed by atoms with Crippen molar-refractivity contribution >= 4 is 21.6 Å². The molecule has 4 rings (SSSR count). The van der Waals surface area contributed by atoms with E-state index in [0.717, 1.165) is 5.56 Å². The molecule has 1 aliphatic rings. The Balaban J connectivity index is 1.36. The van der Waals surface area contributed by atoms with E-state index >= 15 is 0 Å². The lowest BCUT2D eigenvalue weighted by atomic mass is 10.2. The molecule has 1 aromatic heterocycles. The molecule has 0 spiro atoms. The van der Waals surface area contributed by atoms with Crippen molar-refractivity contribution in [1.29, 1.82) is 0 Å². The third-order valence-electron chi connectivity index (χ3n) is 5.09. The highest BCUT2D eigenvalue weighted by Gasteiger charge is 2.36. The van der Waals surface area contributed by atoms with Crippen LogP contribution in [0, 0.1) is 5.82 Å². The van der Waals surface area contributed by atoms with E-state index in [1.54, 1.807) is 53.3 Å². The molecule has 1 saturated heterocycles. The van der Waals surface area contributed by atoms with Crippen LogP contribution in [0.4, 0.5) is 14.9 Å². The molecule has 9 heteroatoms. The average Bonchev–Trinajstić information content (AvgIpc) is 3.41. The van der Waals surface area contributed by atoms with Crippen molar-refractivity contribution in [2.45, 2.75) is 23.1 Å². The number of hydrogen-bond donors (Lipinski definition) is 1. The predicted molar refractivity (Wildman–Crippen MR) is 110 cm³/mol. The van der Waals surface area contributed by atoms with Gasteiger partial charge >= 0.3 is 6.03 Å². The molecule has 30 heavy (non-hydrogen) atoms. The minimum atomic E-state index is -3.48. The molecule has 1 aliphatic heterocycles. The Morgan fingerprint density at radius 2 is 1.87 bits per heavy atom. The maximum absolute atomic E-state index is 13.0. The Hall–Kier alpha value is -3.20. The van der Waals surface area contributed by atoms with Crippen molar-refractivity contribution in [3.63, 3.8) is 0 Å². The summed E-state index contributed by atoms with van der Waals surface area (Å²) in [5.74, 6) is -0.301. The first-order chi connectivity index (χ1) is 14.4. The highest BCUT2D eigenvalue weighted by Crippen LogP contribution is 2.24. The van der Waals surface area contributed by atoms with Gasteiger partial charge in [0.1, 0.15) is 5.82 Å². The van der Waals surface area contributed by atoms with E-state index in [4.69, 9.17) is 0 Å². The summed E-state index contributed by atoms with van der Waals surface area (Å²) in [7, 11) is -3.48. The van der Waals surface area contributed by atoms with Gasteiger partial charge in [0, 0.05) is 19.3 Å². The summed E-state index contributed by atoms with van der Waals surface area (Å²) in [4.78, 5) is 14.3. The van der Waals surface area contributed by atoms with E-state index in [-0.39, 0.29) is 23.3 Å². The summed E-state index contributed by atoms with van der Waals surface area (Å²) < 4.78 is 40.2. The standard InChI is InChI=1S/C21H21FN4O3S/c22-17-8-6-16(7-9-17)13-26-14-18(12-23-26)24-21(27)25-11-10-20(15-25)30(28,29)19-4-2-1-3-5-19/h1-9,12,14,20H,10-11,13,15H2,(H,24,27). The zero-order chi connectivity index (χ0) is 21.1. The van der Waals surface area contributed by atoms with Crippen LogP contribution in [-0.4, -0.2) is 47.5 Å². The van der Waals surface area contributed by atoms with Gasteiger partial charge in [-0.1, -0.05) is 30.3 Å². The number of sulfone groups is 1. The summed E-state index contributed by atoms with van der Waals surface area (Å²) in [6.45, 7) is 0.955. The number of amides is 2. The van der Waals surface area contributed by atoms with Gasteiger partial charge < -0.3 is 10.2 Å². The number of urea groups is 1. The van der Waals surface area contributed by atoms with Gasteiger partial charge in [0.05, 0.1) is 28.6 Å². The van der Waals surface area contributed by atoms with Crippen LogP contribution in [0.15, 0.2) is 71.9 Å². The van der Waals surface area contributed by atoms with E-state index < -0.39 is 15.1 Å². The van der Waals surface area contributed by atoms with E-state index in [0.29, 0.717) is 25.2 Å². The van der Waals surface area contributed by atoms with Gasteiger partial charge in [0.2, 0.25) is 0 Å². The summed E-state index contributed by atoms with van der Waals surface area (Å²) in [6.07, 6.45) is 3.60. The zero-order valence-electron chi connectivity index (χ0n) is 16.1. The lowest BCUT2D eigenvalue weighted by Gasteiger charge is -2.17. The molecule has 7 nitrogen and oxygen atoms in total. The van der Waals surface area contributed by atoms with Crippen LogP contribution in [0.1, 0.15) is 12.0 Å². The van der Waals surface area contributed by atoms with Crippen LogP contribution in [0.3, 0.4) is 0 Å². The highest BCUT2D eigenvalue weighted by molar-refractivity contribution is 7.92. The first-order valence-corrected chi connectivity index (χ1v) is 11.1. The number of anilines is 1. The molecule has 2 heterocycles. The van der Waals surface area contributed by atoms with E-state index in [1.165, 1.54) is 23.2 Å². The largest absolute Gasteiger partial charge is 0.323 e. The van der Waals surface area contributed by atoms with Crippen molar-refractivity contribution < 1.29 is 17.6 Å². The molecule has 1 unspecified atom stereocenters. The Morgan fingerprint density at radius 3 is 2.60 bits per heavy atom. The first-order valence-electron chi connectivity index (χ1n) is 9.53. The number of likely N-dealkylation sites (tertiary alicyclic amines) is 1. The van der Waals surface area contributed by atoms with E-state index in [1.807, 2.05) is 0 Å². The second-order valence-electron chi connectivity index (χ2n) is 7.20. The molecule has 0 bridgehead atoms. The number of nitrogens with one attached hydrogen (secondary N) is 1. The molecule has 0 radical (unpaired) electrons. The molecule has 1 atom stereocenters. The molecule has 156 valence electrons. The van der Waals surface area contributed by atoms with Crippen molar-refractivity contribution in [1.82, 2.24) is 14.7 Å².